The van der Waals surface area contributed by atoms with E-state index in [0.717, 1.165) is 12.0 Å². The highest BCUT2D eigenvalue weighted by atomic mass is 35.5. The molecule has 0 aliphatic carbocycles. The molecule has 0 saturated carbocycles. The number of hydrogen-bond acceptors (Lipinski definition) is 3. The lowest BCUT2D eigenvalue weighted by atomic mass is 10.0. The van der Waals surface area contributed by atoms with Gasteiger partial charge in [0, 0.05) is 5.02 Å². The van der Waals surface area contributed by atoms with Crippen molar-refractivity contribution in [2.24, 2.45) is 5.73 Å². The third kappa shape index (κ3) is 3.40. The van der Waals surface area contributed by atoms with Crippen LogP contribution in [-0.2, 0) is 6.54 Å². The fourth-order valence-corrected chi connectivity index (χ4v) is 2.08. The first-order valence-corrected chi connectivity index (χ1v) is 6.87. The van der Waals surface area contributed by atoms with Gasteiger partial charge in [-0.25, -0.2) is 0 Å². The van der Waals surface area contributed by atoms with Crippen LogP contribution in [0.2, 0.25) is 5.02 Å². The minimum absolute atomic E-state index is 0.0776. The van der Waals surface area contributed by atoms with Crippen molar-refractivity contribution in [3.8, 4) is 0 Å². The van der Waals surface area contributed by atoms with Crippen LogP contribution in [-0.4, -0.2) is 5.91 Å². The van der Waals surface area contributed by atoms with Gasteiger partial charge in [-0.1, -0.05) is 30.7 Å². The molecule has 0 radical (unpaired) electrons. The van der Waals surface area contributed by atoms with Crippen molar-refractivity contribution in [3.63, 3.8) is 0 Å². The third-order valence-electron chi connectivity index (χ3n) is 3.07. The first-order chi connectivity index (χ1) is 9.63. The van der Waals surface area contributed by atoms with Crippen LogP contribution in [0, 0.1) is 0 Å². The highest BCUT2D eigenvalue weighted by Crippen LogP contribution is 2.20. The van der Waals surface area contributed by atoms with Gasteiger partial charge in [-0.05, 0) is 36.2 Å². The van der Waals surface area contributed by atoms with Crippen molar-refractivity contribution in [2.75, 3.05) is 0 Å². The van der Waals surface area contributed by atoms with Crippen molar-refractivity contribution in [2.45, 2.75) is 25.9 Å². The summed E-state index contributed by atoms with van der Waals surface area (Å²) in [5.74, 6) is 0.624. The maximum Gasteiger partial charge on any atom is 0.287 e. The molecular weight excluding hydrogens is 276 g/mol. The molecule has 5 heteroatoms. The maximum absolute atomic E-state index is 12.1. The number of amides is 1. The van der Waals surface area contributed by atoms with Gasteiger partial charge >= 0.3 is 0 Å². The summed E-state index contributed by atoms with van der Waals surface area (Å²) < 4.78 is 5.34. The van der Waals surface area contributed by atoms with Crippen LogP contribution in [0.15, 0.2) is 40.8 Å². The van der Waals surface area contributed by atoms with E-state index in [2.05, 4.69) is 5.32 Å². The number of hydrogen-bond donors (Lipinski definition) is 2. The second-order valence-electron chi connectivity index (χ2n) is 4.46. The summed E-state index contributed by atoms with van der Waals surface area (Å²) in [6, 6.07) is 10.7. The molecule has 1 atom stereocenters. The number of carbonyl (C=O) groups excluding carboxylic acids is 1. The fraction of sp³-hybridized carbons (Fsp3) is 0.267. The average Bonchev–Trinajstić information content (AvgIpc) is 2.94. The molecular formula is C15H17ClN2O2. The highest BCUT2D eigenvalue weighted by Gasteiger charge is 2.16. The van der Waals surface area contributed by atoms with Crippen LogP contribution in [0.1, 0.15) is 41.3 Å². The largest absolute Gasteiger partial charge is 0.455 e. The summed E-state index contributed by atoms with van der Waals surface area (Å²) in [5.41, 5.74) is 6.47. The van der Waals surface area contributed by atoms with Crippen molar-refractivity contribution in [1.82, 2.24) is 5.32 Å². The lowest BCUT2D eigenvalue weighted by molar-refractivity contribution is 0.0905. The summed E-state index contributed by atoms with van der Waals surface area (Å²) in [6.07, 6.45) is 0.776. The number of furan rings is 1. The Kier molecular flexibility index (Phi) is 4.82. The van der Waals surface area contributed by atoms with Gasteiger partial charge in [0.05, 0.1) is 12.6 Å². The summed E-state index contributed by atoms with van der Waals surface area (Å²) in [5, 5.41) is 3.61. The summed E-state index contributed by atoms with van der Waals surface area (Å²) in [6.45, 7) is 2.29. The van der Waals surface area contributed by atoms with Gasteiger partial charge in [-0.3, -0.25) is 4.79 Å². The van der Waals surface area contributed by atoms with Crippen molar-refractivity contribution in [1.29, 1.82) is 0 Å². The molecule has 20 heavy (non-hydrogen) atoms. The van der Waals surface area contributed by atoms with Gasteiger partial charge in [0.2, 0.25) is 0 Å². The molecule has 1 amide bonds. The first kappa shape index (κ1) is 14.6. The van der Waals surface area contributed by atoms with Gasteiger partial charge in [0.1, 0.15) is 5.76 Å². The number of halogens is 1. The second-order valence-corrected chi connectivity index (χ2v) is 4.89. The fourth-order valence-electron chi connectivity index (χ4n) is 1.96. The van der Waals surface area contributed by atoms with E-state index in [1.807, 2.05) is 31.2 Å². The molecule has 1 heterocycles. The molecule has 3 N–H and O–H groups in total. The molecule has 4 nitrogen and oxygen atoms in total. The van der Waals surface area contributed by atoms with E-state index in [4.69, 9.17) is 21.8 Å². The third-order valence-corrected chi connectivity index (χ3v) is 3.32. The minimum atomic E-state index is -0.244. The van der Waals surface area contributed by atoms with Gasteiger partial charge in [0.25, 0.3) is 5.91 Å². The molecule has 0 fully saturated rings. The Labute approximate surface area is 122 Å². The zero-order chi connectivity index (χ0) is 14.5. The van der Waals surface area contributed by atoms with E-state index < -0.39 is 0 Å². The number of nitrogens with one attached hydrogen (secondary N) is 1. The Balaban J connectivity index is 2.09. The van der Waals surface area contributed by atoms with E-state index in [-0.39, 0.29) is 24.3 Å². The van der Waals surface area contributed by atoms with Crippen LogP contribution in [0.5, 0.6) is 0 Å². The normalized spacial score (nSPS) is 12.2. The molecule has 1 aromatic heterocycles. The quantitative estimate of drug-likeness (QED) is 0.888. The van der Waals surface area contributed by atoms with Crippen LogP contribution in [0.25, 0.3) is 0 Å². The van der Waals surface area contributed by atoms with E-state index in [1.54, 1.807) is 12.1 Å². The Bertz CT molecular complexity index is 578. The number of benzene rings is 1. The average molecular weight is 293 g/mol. The molecule has 0 aliphatic heterocycles. The topological polar surface area (TPSA) is 68.3 Å². The number of carbonyl (C=O) groups is 1. The Morgan fingerprint density at radius 3 is 2.55 bits per heavy atom. The maximum atomic E-state index is 12.1. The van der Waals surface area contributed by atoms with E-state index in [1.165, 1.54) is 0 Å². The molecule has 2 rings (SSSR count). The molecule has 106 valence electrons. The minimum Gasteiger partial charge on any atom is -0.455 e. The van der Waals surface area contributed by atoms with Crippen LogP contribution in [0.4, 0.5) is 0 Å². The lowest BCUT2D eigenvalue weighted by Gasteiger charge is -2.16. The molecule has 0 aliphatic rings. The SMILES string of the molecule is CCC(NC(=O)c1ccc(CN)o1)c1ccc(Cl)cc1. The summed E-state index contributed by atoms with van der Waals surface area (Å²) in [7, 11) is 0. The summed E-state index contributed by atoms with van der Waals surface area (Å²) in [4.78, 5) is 12.1. The highest BCUT2D eigenvalue weighted by molar-refractivity contribution is 6.30. The molecule has 0 bridgehead atoms. The smallest absolute Gasteiger partial charge is 0.287 e. The van der Waals surface area contributed by atoms with E-state index in [0.29, 0.717) is 10.8 Å². The van der Waals surface area contributed by atoms with E-state index in [9.17, 15) is 4.79 Å². The zero-order valence-corrected chi connectivity index (χ0v) is 12.0. The molecule has 0 saturated heterocycles. The second kappa shape index (κ2) is 6.59. The van der Waals surface area contributed by atoms with Crippen molar-refractivity contribution >= 4 is 17.5 Å². The van der Waals surface area contributed by atoms with Crippen LogP contribution >= 0.6 is 11.6 Å². The Morgan fingerprint density at radius 2 is 2.00 bits per heavy atom. The lowest BCUT2D eigenvalue weighted by Crippen LogP contribution is -2.27. The Hall–Kier alpha value is -1.78. The first-order valence-electron chi connectivity index (χ1n) is 6.49. The Morgan fingerprint density at radius 1 is 1.30 bits per heavy atom. The van der Waals surface area contributed by atoms with Crippen molar-refractivity contribution in [3.05, 3.63) is 58.5 Å². The predicted octanol–water partition coefficient (Wildman–Crippen LogP) is 3.27. The molecule has 0 spiro atoms. The zero-order valence-electron chi connectivity index (χ0n) is 11.2. The molecule has 1 aromatic carbocycles. The van der Waals surface area contributed by atoms with Gasteiger partial charge in [-0.15, -0.1) is 0 Å². The number of rotatable bonds is 5. The summed E-state index contributed by atoms with van der Waals surface area (Å²) >= 11 is 5.87. The molecule has 2 aromatic rings. The van der Waals surface area contributed by atoms with Crippen molar-refractivity contribution < 1.29 is 9.21 Å². The standard InChI is InChI=1S/C15H17ClN2O2/c1-2-13(10-3-5-11(16)6-4-10)18-15(19)14-8-7-12(9-17)20-14/h3-8,13H,2,9,17H2,1H3,(H,18,19). The van der Waals surface area contributed by atoms with Crippen LogP contribution < -0.4 is 11.1 Å². The predicted molar refractivity (Wildman–Crippen MR) is 78.5 cm³/mol. The van der Waals surface area contributed by atoms with Gasteiger partial charge in [0.15, 0.2) is 5.76 Å². The van der Waals surface area contributed by atoms with Gasteiger partial charge in [-0.2, -0.15) is 0 Å². The van der Waals surface area contributed by atoms with Gasteiger partial charge < -0.3 is 15.5 Å². The van der Waals surface area contributed by atoms with E-state index >= 15 is 0 Å². The monoisotopic (exact) mass is 292 g/mol. The molecule has 1 unspecified atom stereocenters. The van der Waals surface area contributed by atoms with Crippen LogP contribution in [0.3, 0.4) is 0 Å². The number of nitrogens with two attached hydrogens (primary N) is 1.